The van der Waals surface area contributed by atoms with Gasteiger partial charge in [-0.2, -0.15) is 5.10 Å². The van der Waals surface area contributed by atoms with Crippen LogP contribution in [-0.2, 0) is 20.1 Å². The molecule has 2 aromatic rings. The van der Waals surface area contributed by atoms with E-state index in [0.717, 1.165) is 23.4 Å². The number of nitrogens with zero attached hydrogens (tertiary/aromatic N) is 2. The average Bonchev–Trinajstić information content (AvgIpc) is 2.69. The van der Waals surface area contributed by atoms with Crippen LogP contribution in [0.4, 0.5) is 0 Å². The smallest absolute Gasteiger partial charge is 0.133 e. The second kappa shape index (κ2) is 6.80. The topological polar surface area (TPSA) is 27.1 Å². The van der Waals surface area contributed by atoms with Crippen molar-refractivity contribution in [2.75, 3.05) is 0 Å². The molecule has 0 saturated carbocycles. The Labute approximate surface area is 125 Å². The Morgan fingerprint density at radius 2 is 1.95 bits per heavy atom. The number of unbranched alkanes of at least 4 members (excludes halogenated alkanes) is 1. The van der Waals surface area contributed by atoms with E-state index in [4.69, 9.17) is 16.3 Å². The van der Waals surface area contributed by atoms with Crippen molar-refractivity contribution in [2.24, 2.45) is 7.05 Å². The molecular weight excluding hydrogens is 272 g/mol. The Morgan fingerprint density at radius 3 is 2.50 bits per heavy atom. The number of aryl methyl sites for hydroxylation is 3. The van der Waals surface area contributed by atoms with Crippen molar-refractivity contribution in [3.05, 3.63) is 46.2 Å². The molecule has 0 aliphatic carbocycles. The van der Waals surface area contributed by atoms with Gasteiger partial charge in [-0.1, -0.05) is 37.1 Å². The first-order chi connectivity index (χ1) is 9.61. The molecule has 0 saturated heterocycles. The van der Waals surface area contributed by atoms with Crippen molar-refractivity contribution in [3.8, 4) is 5.75 Å². The highest BCUT2D eigenvalue weighted by Crippen LogP contribution is 2.21. The van der Waals surface area contributed by atoms with Crippen LogP contribution in [0.5, 0.6) is 5.75 Å². The highest BCUT2D eigenvalue weighted by atomic mass is 35.5. The van der Waals surface area contributed by atoms with Crippen LogP contribution in [-0.4, -0.2) is 9.78 Å². The molecule has 1 aromatic heterocycles. The molecule has 0 bridgehead atoms. The fourth-order valence-electron chi connectivity index (χ4n) is 2.13. The molecule has 1 heterocycles. The van der Waals surface area contributed by atoms with E-state index >= 15 is 0 Å². The van der Waals surface area contributed by atoms with Gasteiger partial charge in [0.2, 0.25) is 0 Å². The van der Waals surface area contributed by atoms with Gasteiger partial charge >= 0.3 is 0 Å². The molecule has 0 fully saturated rings. The Morgan fingerprint density at radius 1 is 1.25 bits per heavy atom. The molecule has 4 heteroatoms. The molecule has 0 unspecified atom stereocenters. The number of halogens is 1. The van der Waals surface area contributed by atoms with Gasteiger partial charge in [-0.25, -0.2) is 0 Å². The van der Waals surface area contributed by atoms with Crippen molar-refractivity contribution >= 4 is 11.6 Å². The summed E-state index contributed by atoms with van der Waals surface area (Å²) in [5, 5.41) is 4.92. The Kier molecular flexibility index (Phi) is 5.07. The SMILES string of the molecule is CCCCc1ccc(OCc2c(C)nn(C)c2Cl)cc1. The van der Waals surface area contributed by atoms with Gasteiger partial charge in [0.25, 0.3) is 0 Å². The van der Waals surface area contributed by atoms with Crippen LogP contribution >= 0.6 is 11.6 Å². The van der Waals surface area contributed by atoms with Crippen LogP contribution in [0, 0.1) is 6.92 Å². The summed E-state index contributed by atoms with van der Waals surface area (Å²) in [4.78, 5) is 0. The predicted octanol–water partition coefficient (Wildman–Crippen LogP) is 4.30. The molecule has 2 rings (SSSR count). The molecule has 0 spiro atoms. The lowest BCUT2D eigenvalue weighted by atomic mass is 10.1. The average molecular weight is 293 g/mol. The van der Waals surface area contributed by atoms with E-state index in [1.807, 2.05) is 26.1 Å². The first kappa shape index (κ1) is 14.9. The molecule has 0 radical (unpaired) electrons. The fourth-order valence-corrected chi connectivity index (χ4v) is 2.36. The highest BCUT2D eigenvalue weighted by Gasteiger charge is 2.11. The lowest BCUT2D eigenvalue weighted by molar-refractivity contribution is 0.305. The van der Waals surface area contributed by atoms with E-state index in [-0.39, 0.29) is 0 Å². The molecule has 108 valence electrons. The fraction of sp³-hybridized carbons (Fsp3) is 0.438. The van der Waals surface area contributed by atoms with Crippen molar-refractivity contribution in [1.82, 2.24) is 9.78 Å². The maximum Gasteiger partial charge on any atom is 0.133 e. The zero-order chi connectivity index (χ0) is 14.5. The molecule has 0 aliphatic rings. The maximum atomic E-state index is 6.18. The first-order valence-corrected chi connectivity index (χ1v) is 7.39. The third kappa shape index (κ3) is 3.54. The zero-order valence-electron chi connectivity index (χ0n) is 12.3. The molecule has 3 nitrogen and oxygen atoms in total. The second-order valence-corrected chi connectivity index (χ2v) is 5.37. The summed E-state index contributed by atoms with van der Waals surface area (Å²) in [6, 6.07) is 8.29. The quantitative estimate of drug-likeness (QED) is 0.793. The maximum absolute atomic E-state index is 6.18. The molecule has 0 amide bonds. The van der Waals surface area contributed by atoms with E-state index in [1.54, 1.807) is 4.68 Å². The summed E-state index contributed by atoms with van der Waals surface area (Å²) in [6.45, 7) is 4.60. The minimum atomic E-state index is 0.451. The van der Waals surface area contributed by atoms with Crippen LogP contribution in [0.1, 0.15) is 36.6 Å². The summed E-state index contributed by atoms with van der Waals surface area (Å²) in [5.41, 5.74) is 3.22. The van der Waals surface area contributed by atoms with E-state index in [1.165, 1.54) is 18.4 Å². The van der Waals surface area contributed by atoms with Crippen LogP contribution in [0.15, 0.2) is 24.3 Å². The normalized spacial score (nSPS) is 10.8. The lowest BCUT2D eigenvalue weighted by Gasteiger charge is -2.07. The third-order valence-corrected chi connectivity index (χ3v) is 3.87. The molecule has 1 aromatic carbocycles. The van der Waals surface area contributed by atoms with Crippen LogP contribution in [0.2, 0.25) is 5.15 Å². The minimum absolute atomic E-state index is 0.451. The van der Waals surface area contributed by atoms with Crippen LogP contribution < -0.4 is 4.74 Å². The van der Waals surface area contributed by atoms with E-state index in [2.05, 4.69) is 24.2 Å². The summed E-state index contributed by atoms with van der Waals surface area (Å²) in [6.07, 6.45) is 3.58. The molecule has 0 aliphatic heterocycles. The number of aromatic nitrogens is 2. The molecule has 0 N–H and O–H groups in total. The van der Waals surface area contributed by atoms with Crippen molar-refractivity contribution in [2.45, 2.75) is 39.7 Å². The molecular formula is C16H21ClN2O. The molecule has 20 heavy (non-hydrogen) atoms. The summed E-state index contributed by atoms with van der Waals surface area (Å²) in [5.74, 6) is 0.865. The summed E-state index contributed by atoms with van der Waals surface area (Å²) >= 11 is 6.18. The van der Waals surface area contributed by atoms with Gasteiger partial charge in [0.15, 0.2) is 0 Å². The predicted molar refractivity (Wildman–Crippen MR) is 82.3 cm³/mol. The highest BCUT2D eigenvalue weighted by molar-refractivity contribution is 6.30. The molecule has 0 atom stereocenters. The first-order valence-electron chi connectivity index (χ1n) is 7.01. The van der Waals surface area contributed by atoms with Crippen molar-refractivity contribution < 1.29 is 4.74 Å². The number of ether oxygens (including phenoxy) is 1. The van der Waals surface area contributed by atoms with Gasteiger partial charge in [0, 0.05) is 12.6 Å². The summed E-state index contributed by atoms with van der Waals surface area (Å²) < 4.78 is 7.46. The van der Waals surface area contributed by atoms with Crippen molar-refractivity contribution in [3.63, 3.8) is 0 Å². The van der Waals surface area contributed by atoms with Gasteiger partial charge in [-0.15, -0.1) is 0 Å². The van der Waals surface area contributed by atoms with Gasteiger partial charge < -0.3 is 4.74 Å². The Bertz CT molecular complexity index is 561. The third-order valence-electron chi connectivity index (χ3n) is 3.40. The van der Waals surface area contributed by atoms with E-state index in [9.17, 15) is 0 Å². The standard InChI is InChI=1S/C16H21ClN2O/c1-4-5-6-13-7-9-14(10-8-13)20-11-15-12(2)18-19(3)16(15)17/h7-10H,4-6,11H2,1-3H3. The number of rotatable bonds is 6. The second-order valence-electron chi connectivity index (χ2n) is 5.01. The Balaban J connectivity index is 1.97. The van der Waals surface area contributed by atoms with E-state index in [0.29, 0.717) is 11.8 Å². The van der Waals surface area contributed by atoms with Gasteiger partial charge in [-0.3, -0.25) is 4.68 Å². The Hall–Kier alpha value is -1.48. The summed E-state index contributed by atoms with van der Waals surface area (Å²) in [7, 11) is 1.83. The minimum Gasteiger partial charge on any atom is -0.489 e. The zero-order valence-corrected chi connectivity index (χ0v) is 13.1. The van der Waals surface area contributed by atoms with Crippen molar-refractivity contribution in [1.29, 1.82) is 0 Å². The van der Waals surface area contributed by atoms with E-state index < -0.39 is 0 Å². The van der Waals surface area contributed by atoms with Gasteiger partial charge in [0.05, 0.1) is 5.69 Å². The van der Waals surface area contributed by atoms with Crippen LogP contribution in [0.25, 0.3) is 0 Å². The number of hydrogen-bond donors (Lipinski definition) is 0. The lowest BCUT2D eigenvalue weighted by Crippen LogP contribution is -1.97. The monoisotopic (exact) mass is 292 g/mol. The van der Waals surface area contributed by atoms with Gasteiger partial charge in [-0.05, 0) is 37.5 Å². The largest absolute Gasteiger partial charge is 0.489 e. The number of hydrogen-bond acceptors (Lipinski definition) is 2. The van der Waals surface area contributed by atoms with Gasteiger partial charge in [0.1, 0.15) is 17.5 Å². The number of benzene rings is 1. The van der Waals surface area contributed by atoms with Crippen LogP contribution in [0.3, 0.4) is 0 Å².